The van der Waals surface area contributed by atoms with E-state index in [-0.39, 0.29) is 11.7 Å². The van der Waals surface area contributed by atoms with E-state index in [1.807, 2.05) is 60.7 Å². The zero-order valence-electron chi connectivity index (χ0n) is 12.7. The molecule has 0 N–H and O–H groups in total. The molecule has 3 nitrogen and oxygen atoms in total. The number of hydrogen-bond donors (Lipinski definition) is 0. The van der Waals surface area contributed by atoms with Gasteiger partial charge in [-0.05, 0) is 5.56 Å². The summed E-state index contributed by atoms with van der Waals surface area (Å²) in [5, 5.41) is 0. The normalized spacial score (nSPS) is 17.1. The van der Waals surface area contributed by atoms with E-state index in [4.69, 9.17) is 4.74 Å². The molecule has 3 heteroatoms. The first-order valence-corrected chi connectivity index (χ1v) is 7.79. The Bertz CT molecular complexity index is 591. The van der Waals surface area contributed by atoms with E-state index in [2.05, 4.69) is 4.90 Å². The van der Waals surface area contributed by atoms with Crippen molar-refractivity contribution >= 4 is 5.78 Å². The number of rotatable bonds is 5. The zero-order valence-corrected chi connectivity index (χ0v) is 12.7. The number of carbonyl (C=O) groups excluding carboxylic acids is 1. The second-order valence-corrected chi connectivity index (χ2v) is 5.61. The Labute approximate surface area is 131 Å². The summed E-state index contributed by atoms with van der Waals surface area (Å²) in [7, 11) is 0. The standard InChI is InChI=1S/C19H21NO2/c21-19(17-9-5-2-6-10-17)18(16-7-3-1-4-8-16)15-20-11-13-22-14-12-20/h1-10,18H,11-15H2/t18-/m1/s1. The third kappa shape index (κ3) is 3.62. The fraction of sp³-hybridized carbons (Fsp3) is 0.316. The Morgan fingerprint density at radius 1 is 0.955 bits per heavy atom. The van der Waals surface area contributed by atoms with Crippen molar-refractivity contribution in [1.82, 2.24) is 4.90 Å². The fourth-order valence-corrected chi connectivity index (χ4v) is 2.87. The summed E-state index contributed by atoms with van der Waals surface area (Å²) in [4.78, 5) is 15.3. The van der Waals surface area contributed by atoms with Crippen LogP contribution in [0.15, 0.2) is 60.7 Å². The minimum Gasteiger partial charge on any atom is -0.379 e. The van der Waals surface area contributed by atoms with Crippen molar-refractivity contribution in [2.75, 3.05) is 32.8 Å². The van der Waals surface area contributed by atoms with Gasteiger partial charge in [-0.2, -0.15) is 0 Å². The molecule has 0 aromatic heterocycles. The molecule has 1 heterocycles. The Balaban J connectivity index is 1.84. The summed E-state index contributed by atoms with van der Waals surface area (Å²) in [6.45, 7) is 4.04. The van der Waals surface area contributed by atoms with Gasteiger partial charge in [0.25, 0.3) is 0 Å². The molecular weight excluding hydrogens is 274 g/mol. The van der Waals surface area contributed by atoms with Crippen LogP contribution in [0.2, 0.25) is 0 Å². The van der Waals surface area contributed by atoms with Crippen LogP contribution in [-0.4, -0.2) is 43.5 Å². The Kier molecular flexibility index (Phi) is 4.99. The third-order valence-electron chi connectivity index (χ3n) is 4.12. The minimum absolute atomic E-state index is 0.123. The highest BCUT2D eigenvalue weighted by molar-refractivity contribution is 6.01. The molecule has 0 saturated carbocycles. The van der Waals surface area contributed by atoms with Gasteiger partial charge in [-0.15, -0.1) is 0 Å². The number of ether oxygens (including phenoxy) is 1. The molecule has 1 fully saturated rings. The summed E-state index contributed by atoms with van der Waals surface area (Å²) in [5.74, 6) is 0.0694. The van der Waals surface area contributed by atoms with E-state index >= 15 is 0 Å². The number of nitrogens with zero attached hydrogens (tertiary/aromatic N) is 1. The molecule has 22 heavy (non-hydrogen) atoms. The van der Waals surface area contributed by atoms with Crippen LogP contribution in [0.4, 0.5) is 0 Å². The number of hydrogen-bond acceptors (Lipinski definition) is 3. The molecule has 2 aromatic carbocycles. The summed E-state index contributed by atoms with van der Waals surface area (Å²) in [6, 6.07) is 19.7. The van der Waals surface area contributed by atoms with Crippen LogP contribution >= 0.6 is 0 Å². The van der Waals surface area contributed by atoms with E-state index in [9.17, 15) is 4.79 Å². The smallest absolute Gasteiger partial charge is 0.171 e. The van der Waals surface area contributed by atoms with Crippen LogP contribution in [0.1, 0.15) is 21.8 Å². The molecular formula is C19H21NO2. The second-order valence-electron chi connectivity index (χ2n) is 5.61. The SMILES string of the molecule is O=C(c1ccccc1)[C@H](CN1CCOCC1)c1ccccc1. The second kappa shape index (κ2) is 7.34. The van der Waals surface area contributed by atoms with Crippen molar-refractivity contribution in [3.8, 4) is 0 Å². The van der Waals surface area contributed by atoms with Gasteiger partial charge in [0, 0.05) is 25.2 Å². The average molecular weight is 295 g/mol. The van der Waals surface area contributed by atoms with Gasteiger partial charge >= 0.3 is 0 Å². The van der Waals surface area contributed by atoms with Crippen LogP contribution in [0.5, 0.6) is 0 Å². The topological polar surface area (TPSA) is 29.5 Å². The van der Waals surface area contributed by atoms with E-state index in [1.54, 1.807) is 0 Å². The summed E-state index contributed by atoms with van der Waals surface area (Å²) >= 11 is 0. The average Bonchev–Trinajstić information content (AvgIpc) is 2.61. The lowest BCUT2D eigenvalue weighted by Gasteiger charge is -2.30. The molecule has 2 aromatic rings. The van der Waals surface area contributed by atoms with Gasteiger partial charge in [0.1, 0.15) is 0 Å². The molecule has 114 valence electrons. The number of Topliss-reactive ketones (excluding diaryl/α,β-unsaturated/α-hetero) is 1. The van der Waals surface area contributed by atoms with Crippen LogP contribution < -0.4 is 0 Å². The molecule has 3 rings (SSSR count). The van der Waals surface area contributed by atoms with Crippen molar-refractivity contribution in [3.05, 3.63) is 71.8 Å². The van der Waals surface area contributed by atoms with Crippen LogP contribution in [0.3, 0.4) is 0 Å². The molecule has 0 amide bonds. The first kappa shape index (κ1) is 14.9. The zero-order chi connectivity index (χ0) is 15.2. The highest BCUT2D eigenvalue weighted by Crippen LogP contribution is 2.22. The number of ketones is 1. The molecule has 0 unspecified atom stereocenters. The maximum absolute atomic E-state index is 13.0. The van der Waals surface area contributed by atoms with Gasteiger partial charge < -0.3 is 4.74 Å². The summed E-state index contributed by atoms with van der Waals surface area (Å²) < 4.78 is 5.41. The quantitative estimate of drug-likeness (QED) is 0.794. The predicted octanol–water partition coefficient (Wildman–Crippen LogP) is 2.99. The van der Waals surface area contributed by atoms with Gasteiger partial charge in [-0.1, -0.05) is 60.7 Å². The first-order valence-electron chi connectivity index (χ1n) is 7.79. The van der Waals surface area contributed by atoms with E-state index in [1.165, 1.54) is 0 Å². The number of morpholine rings is 1. The Morgan fingerprint density at radius 2 is 1.55 bits per heavy atom. The van der Waals surface area contributed by atoms with Crippen molar-refractivity contribution in [3.63, 3.8) is 0 Å². The van der Waals surface area contributed by atoms with Crippen LogP contribution in [0, 0.1) is 0 Å². The number of benzene rings is 2. The van der Waals surface area contributed by atoms with Crippen molar-refractivity contribution in [2.45, 2.75) is 5.92 Å². The maximum Gasteiger partial charge on any atom is 0.171 e. The Morgan fingerprint density at radius 3 is 2.18 bits per heavy atom. The van der Waals surface area contributed by atoms with Crippen molar-refractivity contribution < 1.29 is 9.53 Å². The maximum atomic E-state index is 13.0. The number of carbonyl (C=O) groups is 1. The fourth-order valence-electron chi connectivity index (χ4n) is 2.87. The van der Waals surface area contributed by atoms with E-state index in [0.29, 0.717) is 0 Å². The molecule has 1 atom stereocenters. The van der Waals surface area contributed by atoms with Crippen molar-refractivity contribution in [1.29, 1.82) is 0 Å². The lowest BCUT2D eigenvalue weighted by atomic mass is 9.90. The third-order valence-corrected chi connectivity index (χ3v) is 4.12. The van der Waals surface area contributed by atoms with Gasteiger partial charge in [0.15, 0.2) is 5.78 Å². The largest absolute Gasteiger partial charge is 0.379 e. The van der Waals surface area contributed by atoms with Crippen LogP contribution in [-0.2, 0) is 4.74 Å². The molecule has 0 radical (unpaired) electrons. The minimum atomic E-state index is -0.123. The van der Waals surface area contributed by atoms with Crippen LogP contribution in [0.25, 0.3) is 0 Å². The molecule has 0 bridgehead atoms. The molecule has 0 spiro atoms. The highest BCUT2D eigenvalue weighted by atomic mass is 16.5. The predicted molar refractivity (Wildman–Crippen MR) is 87.2 cm³/mol. The summed E-state index contributed by atoms with van der Waals surface area (Å²) in [5.41, 5.74) is 1.87. The molecule has 0 aliphatic carbocycles. The van der Waals surface area contributed by atoms with Gasteiger partial charge in [-0.3, -0.25) is 9.69 Å². The van der Waals surface area contributed by atoms with E-state index in [0.717, 1.165) is 44.0 Å². The molecule has 1 aliphatic heterocycles. The van der Waals surface area contributed by atoms with Gasteiger partial charge in [-0.25, -0.2) is 0 Å². The highest BCUT2D eigenvalue weighted by Gasteiger charge is 2.25. The lowest BCUT2D eigenvalue weighted by molar-refractivity contribution is 0.0345. The van der Waals surface area contributed by atoms with E-state index < -0.39 is 0 Å². The monoisotopic (exact) mass is 295 g/mol. The first-order chi connectivity index (χ1) is 10.8. The van der Waals surface area contributed by atoms with Gasteiger partial charge in [0.05, 0.1) is 19.1 Å². The summed E-state index contributed by atoms with van der Waals surface area (Å²) in [6.07, 6.45) is 0. The molecule has 1 aliphatic rings. The Hall–Kier alpha value is -1.97. The van der Waals surface area contributed by atoms with Crippen molar-refractivity contribution in [2.24, 2.45) is 0 Å². The molecule has 1 saturated heterocycles. The van der Waals surface area contributed by atoms with Gasteiger partial charge in [0.2, 0.25) is 0 Å². The lowest BCUT2D eigenvalue weighted by Crippen LogP contribution is -2.40.